The topological polar surface area (TPSA) is 29.0 Å². The van der Waals surface area contributed by atoms with Crippen LogP contribution in [0.15, 0.2) is 6.07 Å². The monoisotopic (exact) mass is 253 g/mol. The van der Waals surface area contributed by atoms with Gasteiger partial charge in [-0.2, -0.15) is 0 Å². The van der Waals surface area contributed by atoms with Crippen molar-refractivity contribution in [3.8, 4) is 0 Å². The Hall–Kier alpha value is -0.830. The summed E-state index contributed by atoms with van der Waals surface area (Å²) < 4.78 is 0. The van der Waals surface area contributed by atoms with Crippen LogP contribution in [0.5, 0.6) is 0 Å². The molecule has 1 aliphatic heterocycles. The first-order valence-electron chi connectivity index (χ1n) is 6.30. The van der Waals surface area contributed by atoms with E-state index in [1.54, 1.807) is 0 Å². The minimum atomic E-state index is 0.366. The molecule has 0 aromatic carbocycles. The molecule has 0 spiro atoms. The fourth-order valence-electron chi connectivity index (χ4n) is 2.28. The molecule has 1 atom stereocenters. The predicted molar refractivity (Wildman–Crippen MR) is 71.9 cm³/mol. The molecule has 4 heteroatoms. The number of aryl methyl sites for hydroxylation is 1. The molecule has 0 saturated carbocycles. The number of hydrogen-bond donors (Lipinski definition) is 0. The minimum Gasteiger partial charge on any atom is -0.352 e. The fraction of sp³-hybridized carbons (Fsp3) is 0.692. The minimum absolute atomic E-state index is 0.366. The summed E-state index contributed by atoms with van der Waals surface area (Å²) >= 11 is 6.01. The number of alkyl halides is 1. The first kappa shape index (κ1) is 12.6. The van der Waals surface area contributed by atoms with Crippen LogP contribution in [0.2, 0.25) is 0 Å². The van der Waals surface area contributed by atoms with Gasteiger partial charge in [0, 0.05) is 36.1 Å². The molecule has 1 unspecified atom stereocenters. The maximum atomic E-state index is 6.01. The second kappa shape index (κ2) is 5.21. The van der Waals surface area contributed by atoms with Crippen LogP contribution in [0.1, 0.15) is 44.1 Å². The van der Waals surface area contributed by atoms with Crippen molar-refractivity contribution < 1.29 is 0 Å². The number of rotatable bonds is 3. The number of anilines is 1. The van der Waals surface area contributed by atoms with Gasteiger partial charge in [-0.25, -0.2) is 9.97 Å². The van der Waals surface area contributed by atoms with Crippen molar-refractivity contribution in [3.05, 3.63) is 17.6 Å². The molecule has 3 nitrogen and oxygen atoms in total. The summed E-state index contributed by atoms with van der Waals surface area (Å²) in [5.74, 6) is 3.02. The molecule has 2 rings (SSSR count). The van der Waals surface area contributed by atoms with E-state index in [-0.39, 0.29) is 0 Å². The van der Waals surface area contributed by atoms with E-state index in [0.29, 0.717) is 17.8 Å². The summed E-state index contributed by atoms with van der Waals surface area (Å²) in [5, 5.41) is 0. The SMILES string of the molecule is Cc1cc(N2CCCC2CCl)nc(C(C)C)n1. The van der Waals surface area contributed by atoms with Crippen LogP contribution in [0.4, 0.5) is 5.82 Å². The van der Waals surface area contributed by atoms with Crippen LogP contribution in [0.3, 0.4) is 0 Å². The van der Waals surface area contributed by atoms with Crippen LogP contribution < -0.4 is 4.90 Å². The number of hydrogen-bond acceptors (Lipinski definition) is 3. The summed E-state index contributed by atoms with van der Waals surface area (Å²) in [7, 11) is 0. The Morgan fingerprint density at radius 2 is 2.24 bits per heavy atom. The molecule has 0 amide bonds. The molecule has 1 fully saturated rings. The first-order chi connectivity index (χ1) is 8.11. The molecule has 17 heavy (non-hydrogen) atoms. The lowest BCUT2D eigenvalue weighted by atomic mass is 10.2. The standard InChI is InChI=1S/C13H20ClN3/c1-9(2)13-15-10(3)7-12(16-13)17-6-4-5-11(17)8-14/h7,9,11H,4-6,8H2,1-3H3. The van der Waals surface area contributed by atoms with Crippen LogP contribution in [0.25, 0.3) is 0 Å². The Bertz CT molecular complexity index is 392. The van der Waals surface area contributed by atoms with E-state index in [2.05, 4.69) is 34.8 Å². The summed E-state index contributed by atoms with van der Waals surface area (Å²) in [4.78, 5) is 11.5. The first-order valence-corrected chi connectivity index (χ1v) is 6.83. The highest BCUT2D eigenvalue weighted by Crippen LogP contribution is 2.26. The zero-order chi connectivity index (χ0) is 12.4. The number of halogens is 1. The predicted octanol–water partition coefficient (Wildman–Crippen LogP) is 3.12. The highest BCUT2D eigenvalue weighted by atomic mass is 35.5. The van der Waals surface area contributed by atoms with Gasteiger partial charge in [0.05, 0.1) is 0 Å². The molecule has 1 aromatic rings. The van der Waals surface area contributed by atoms with Gasteiger partial charge in [-0.3, -0.25) is 0 Å². The molecule has 0 aliphatic carbocycles. The molecule has 1 aliphatic rings. The molecular weight excluding hydrogens is 234 g/mol. The Labute approximate surface area is 108 Å². The third-order valence-electron chi connectivity index (χ3n) is 3.22. The van der Waals surface area contributed by atoms with Crippen molar-refractivity contribution in [2.24, 2.45) is 0 Å². The van der Waals surface area contributed by atoms with Gasteiger partial charge in [0.15, 0.2) is 0 Å². The van der Waals surface area contributed by atoms with Crippen LogP contribution in [-0.2, 0) is 0 Å². The van der Waals surface area contributed by atoms with Gasteiger partial charge >= 0.3 is 0 Å². The van der Waals surface area contributed by atoms with Crippen molar-refractivity contribution in [1.29, 1.82) is 0 Å². The number of nitrogens with zero attached hydrogens (tertiary/aromatic N) is 3. The van der Waals surface area contributed by atoms with E-state index in [9.17, 15) is 0 Å². The lowest BCUT2D eigenvalue weighted by Gasteiger charge is -2.25. The third-order valence-corrected chi connectivity index (χ3v) is 3.58. The largest absolute Gasteiger partial charge is 0.352 e. The third kappa shape index (κ3) is 2.71. The lowest BCUT2D eigenvalue weighted by molar-refractivity contribution is 0.712. The van der Waals surface area contributed by atoms with Gasteiger partial charge in [-0.15, -0.1) is 11.6 Å². The van der Waals surface area contributed by atoms with E-state index >= 15 is 0 Å². The molecule has 0 radical (unpaired) electrons. The second-order valence-electron chi connectivity index (χ2n) is 5.02. The Morgan fingerprint density at radius 1 is 1.47 bits per heavy atom. The molecule has 0 bridgehead atoms. The molecule has 0 N–H and O–H groups in total. The molecule has 2 heterocycles. The summed E-state index contributed by atoms with van der Waals surface area (Å²) in [5.41, 5.74) is 1.04. The normalized spacial score (nSPS) is 20.3. The van der Waals surface area contributed by atoms with Crippen molar-refractivity contribution in [3.63, 3.8) is 0 Å². The van der Waals surface area contributed by atoms with E-state index in [0.717, 1.165) is 23.9 Å². The van der Waals surface area contributed by atoms with E-state index in [1.807, 2.05) is 6.92 Å². The Morgan fingerprint density at radius 3 is 2.88 bits per heavy atom. The van der Waals surface area contributed by atoms with Crippen molar-refractivity contribution in [2.75, 3.05) is 17.3 Å². The van der Waals surface area contributed by atoms with Gasteiger partial charge in [-0.05, 0) is 19.8 Å². The van der Waals surface area contributed by atoms with E-state index < -0.39 is 0 Å². The molecule has 94 valence electrons. The molecule has 1 saturated heterocycles. The van der Waals surface area contributed by atoms with E-state index in [4.69, 9.17) is 11.6 Å². The molecular formula is C13H20ClN3. The maximum Gasteiger partial charge on any atom is 0.133 e. The highest BCUT2D eigenvalue weighted by molar-refractivity contribution is 6.18. The van der Waals surface area contributed by atoms with Crippen molar-refractivity contribution in [1.82, 2.24) is 9.97 Å². The van der Waals surface area contributed by atoms with Crippen LogP contribution in [0, 0.1) is 6.92 Å². The zero-order valence-electron chi connectivity index (χ0n) is 10.8. The second-order valence-corrected chi connectivity index (χ2v) is 5.33. The maximum absolute atomic E-state index is 6.01. The quantitative estimate of drug-likeness (QED) is 0.775. The van der Waals surface area contributed by atoms with Crippen molar-refractivity contribution >= 4 is 17.4 Å². The average molecular weight is 254 g/mol. The van der Waals surface area contributed by atoms with Crippen LogP contribution >= 0.6 is 11.6 Å². The Kier molecular flexibility index (Phi) is 3.87. The smallest absolute Gasteiger partial charge is 0.133 e. The van der Waals surface area contributed by atoms with Gasteiger partial charge in [0.25, 0.3) is 0 Å². The van der Waals surface area contributed by atoms with Gasteiger partial charge in [0.2, 0.25) is 0 Å². The summed E-state index contributed by atoms with van der Waals surface area (Å²) in [6.45, 7) is 7.34. The van der Waals surface area contributed by atoms with Gasteiger partial charge in [-0.1, -0.05) is 13.8 Å². The Balaban J connectivity index is 2.31. The van der Waals surface area contributed by atoms with Crippen molar-refractivity contribution in [2.45, 2.75) is 45.6 Å². The van der Waals surface area contributed by atoms with E-state index in [1.165, 1.54) is 12.8 Å². The van der Waals surface area contributed by atoms with Gasteiger partial charge < -0.3 is 4.90 Å². The lowest BCUT2D eigenvalue weighted by Crippen LogP contribution is -2.31. The fourth-order valence-corrected chi connectivity index (χ4v) is 2.60. The summed E-state index contributed by atoms with van der Waals surface area (Å²) in [6, 6.07) is 2.50. The van der Waals surface area contributed by atoms with Gasteiger partial charge in [0.1, 0.15) is 11.6 Å². The molecule has 1 aromatic heterocycles. The average Bonchev–Trinajstić information content (AvgIpc) is 2.76. The highest BCUT2D eigenvalue weighted by Gasteiger charge is 2.25. The summed E-state index contributed by atoms with van der Waals surface area (Å²) in [6.07, 6.45) is 2.38. The number of aromatic nitrogens is 2. The van der Waals surface area contributed by atoms with Crippen LogP contribution in [-0.4, -0.2) is 28.4 Å². The zero-order valence-corrected chi connectivity index (χ0v) is 11.5.